The number of hydrogen-bond donors (Lipinski definition) is 1. The van der Waals surface area contributed by atoms with Gasteiger partial charge in [0.15, 0.2) is 0 Å². The Hall–Kier alpha value is -1.06. The highest BCUT2D eigenvalue weighted by atomic mass is 16.5. The lowest BCUT2D eigenvalue weighted by molar-refractivity contribution is 0.00536. The van der Waals surface area contributed by atoms with Crippen LogP contribution >= 0.6 is 0 Å². The van der Waals surface area contributed by atoms with Gasteiger partial charge in [0.05, 0.1) is 12.2 Å². The quantitative estimate of drug-likeness (QED) is 0.844. The molecule has 1 rings (SSSR count). The number of nitrogens with two attached hydrogens (primary N) is 1. The highest BCUT2D eigenvalue weighted by Crippen LogP contribution is 2.26. The van der Waals surface area contributed by atoms with Gasteiger partial charge in [-0.05, 0) is 39.3 Å². The third-order valence-electron chi connectivity index (χ3n) is 3.17. The summed E-state index contributed by atoms with van der Waals surface area (Å²) in [5.74, 6) is 0.886. The first-order chi connectivity index (χ1) is 8.35. The maximum absolute atomic E-state index is 5.94. The highest BCUT2D eigenvalue weighted by molar-refractivity contribution is 5.38. The molecule has 1 aromatic rings. The van der Waals surface area contributed by atoms with E-state index in [-0.39, 0.29) is 11.6 Å². The van der Waals surface area contributed by atoms with Crippen LogP contribution in [0, 0.1) is 6.92 Å². The summed E-state index contributed by atoms with van der Waals surface area (Å²) in [4.78, 5) is 0. The van der Waals surface area contributed by atoms with E-state index >= 15 is 0 Å². The van der Waals surface area contributed by atoms with E-state index < -0.39 is 0 Å². The molecule has 0 bridgehead atoms. The third-order valence-corrected chi connectivity index (χ3v) is 3.17. The largest absolute Gasteiger partial charge is 0.493 e. The van der Waals surface area contributed by atoms with Gasteiger partial charge in [-0.15, -0.1) is 0 Å². The van der Waals surface area contributed by atoms with Gasteiger partial charge in [-0.2, -0.15) is 0 Å². The summed E-state index contributed by atoms with van der Waals surface area (Å²) in [6, 6.07) is 6.12. The zero-order chi connectivity index (χ0) is 13.8. The number of benzene rings is 1. The average molecular weight is 251 g/mol. The van der Waals surface area contributed by atoms with E-state index in [4.69, 9.17) is 15.2 Å². The van der Waals surface area contributed by atoms with Gasteiger partial charge in [0.2, 0.25) is 0 Å². The number of methoxy groups -OCH3 is 1. The lowest BCUT2D eigenvalue weighted by atomic mass is 10.0. The van der Waals surface area contributed by atoms with Crippen LogP contribution in [0.15, 0.2) is 18.2 Å². The predicted molar refractivity (Wildman–Crippen MR) is 75.0 cm³/mol. The molecule has 0 saturated heterocycles. The molecule has 0 aliphatic carbocycles. The van der Waals surface area contributed by atoms with E-state index in [2.05, 4.69) is 26.8 Å². The van der Waals surface area contributed by atoms with E-state index in [0.29, 0.717) is 6.61 Å². The molecule has 0 aliphatic heterocycles. The van der Waals surface area contributed by atoms with Gasteiger partial charge in [-0.1, -0.05) is 12.1 Å². The van der Waals surface area contributed by atoms with Crippen LogP contribution in [-0.4, -0.2) is 19.3 Å². The number of rotatable bonds is 6. The van der Waals surface area contributed by atoms with E-state index in [0.717, 1.165) is 17.7 Å². The Balaban J connectivity index is 2.69. The van der Waals surface area contributed by atoms with Crippen molar-refractivity contribution in [3.05, 3.63) is 29.3 Å². The third kappa shape index (κ3) is 4.31. The standard InChI is InChI=1S/C15H25NO2/c1-11-6-7-13(12(2)16)14(10-11)18-9-8-15(3,4)17-5/h6-7,10,12H,8-9,16H2,1-5H3/t12-/m0/s1. The Labute approximate surface area is 110 Å². The summed E-state index contributed by atoms with van der Waals surface area (Å²) in [5, 5.41) is 0. The molecule has 18 heavy (non-hydrogen) atoms. The Kier molecular flexibility index (Phi) is 5.17. The normalized spacial score (nSPS) is 13.4. The van der Waals surface area contributed by atoms with E-state index in [1.165, 1.54) is 5.56 Å². The van der Waals surface area contributed by atoms with Crippen LogP contribution in [0.3, 0.4) is 0 Å². The van der Waals surface area contributed by atoms with Crippen molar-refractivity contribution in [1.82, 2.24) is 0 Å². The molecule has 102 valence electrons. The molecule has 1 aromatic carbocycles. The fraction of sp³-hybridized carbons (Fsp3) is 0.600. The first-order valence-electron chi connectivity index (χ1n) is 6.40. The molecule has 0 heterocycles. The summed E-state index contributed by atoms with van der Waals surface area (Å²) >= 11 is 0. The molecule has 2 N–H and O–H groups in total. The second-order valence-electron chi connectivity index (χ2n) is 5.39. The van der Waals surface area contributed by atoms with Crippen molar-refractivity contribution >= 4 is 0 Å². The van der Waals surface area contributed by atoms with Crippen molar-refractivity contribution in [2.75, 3.05) is 13.7 Å². The first-order valence-corrected chi connectivity index (χ1v) is 6.40. The van der Waals surface area contributed by atoms with Crippen molar-refractivity contribution in [3.8, 4) is 5.75 Å². The molecule has 3 heteroatoms. The summed E-state index contributed by atoms with van der Waals surface area (Å²) in [6.45, 7) is 8.76. The molecule has 0 spiro atoms. The second-order valence-corrected chi connectivity index (χ2v) is 5.39. The SMILES string of the molecule is COC(C)(C)CCOc1cc(C)ccc1[C@H](C)N. The van der Waals surface area contributed by atoms with Crippen molar-refractivity contribution in [2.24, 2.45) is 5.73 Å². The Morgan fingerprint density at radius 1 is 1.33 bits per heavy atom. The zero-order valence-electron chi connectivity index (χ0n) is 12.1. The highest BCUT2D eigenvalue weighted by Gasteiger charge is 2.17. The molecule has 3 nitrogen and oxygen atoms in total. The fourth-order valence-electron chi connectivity index (χ4n) is 1.65. The molecule has 0 fully saturated rings. The molecule has 0 aromatic heterocycles. The van der Waals surface area contributed by atoms with Crippen LogP contribution in [-0.2, 0) is 4.74 Å². The van der Waals surface area contributed by atoms with Crippen LogP contribution in [0.2, 0.25) is 0 Å². The Bertz CT molecular complexity index is 386. The molecule has 0 aliphatic rings. The molecular formula is C15H25NO2. The minimum atomic E-state index is -0.154. The van der Waals surface area contributed by atoms with Gasteiger partial charge in [0, 0.05) is 25.1 Å². The van der Waals surface area contributed by atoms with Crippen LogP contribution in [0.4, 0.5) is 0 Å². The van der Waals surface area contributed by atoms with Gasteiger partial charge in [-0.3, -0.25) is 0 Å². The fourth-order valence-corrected chi connectivity index (χ4v) is 1.65. The lowest BCUT2D eigenvalue weighted by Gasteiger charge is -2.23. The summed E-state index contributed by atoms with van der Waals surface area (Å²) in [5.41, 5.74) is 8.02. The number of aryl methyl sites for hydroxylation is 1. The van der Waals surface area contributed by atoms with Crippen molar-refractivity contribution < 1.29 is 9.47 Å². The Morgan fingerprint density at radius 2 is 2.00 bits per heavy atom. The predicted octanol–water partition coefficient (Wildman–Crippen LogP) is 3.21. The smallest absolute Gasteiger partial charge is 0.124 e. The van der Waals surface area contributed by atoms with Crippen LogP contribution in [0.25, 0.3) is 0 Å². The molecule has 1 atom stereocenters. The molecule has 0 saturated carbocycles. The van der Waals surface area contributed by atoms with Crippen LogP contribution in [0.5, 0.6) is 5.75 Å². The number of ether oxygens (including phenoxy) is 2. The Morgan fingerprint density at radius 3 is 2.56 bits per heavy atom. The van der Waals surface area contributed by atoms with Crippen LogP contribution < -0.4 is 10.5 Å². The maximum Gasteiger partial charge on any atom is 0.124 e. The zero-order valence-corrected chi connectivity index (χ0v) is 12.1. The minimum Gasteiger partial charge on any atom is -0.493 e. The topological polar surface area (TPSA) is 44.5 Å². The van der Waals surface area contributed by atoms with Gasteiger partial charge in [0.1, 0.15) is 5.75 Å². The molecular weight excluding hydrogens is 226 g/mol. The molecule has 0 radical (unpaired) electrons. The van der Waals surface area contributed by atoms with Gasteiger partial charge in [0.25, 0.3) is 0 Å². The van der Waals surface area contributed by atoms with Crippen molar-refractivity contribution in [2.45, 2.75) is 45.8 Å². The van der Waals surface area contributed by atoms with Crippen molar-refractivity contribution in [3.63, 3.8) is 0 Å². The monoisotopic (exact) mass is 251 g/mol. The number of hydrogen-bond acceptors (Lipinski definition) is 3. The van der Waals surface area contributed by atoms with Gasteiger partial charge >= 0.3 is 0 Å². The van der Waals surface area contributed by atoms with Gasteiger partial charge < -0.3 is 15.2 Å². The molecule has 0 amide bonds. The van der Waals surface area contributed by atoms with E-state index in [9.17, 15) is 0 Å². The van der Waals surface area contributed by atoms with E-state index in [1.54, 1.807) is 7.11 Å². The molecule has 0 unspecified atom stereocenters. The van der Waals surface area contributed by atoms with Crippen LogP contribution in [0.1, 0.15) is 44.4 Å². The second kappa shape index (κ2) is 6.21. The summed E-state index contributed by atoms with van der Waals surface area (Å²) in [7, 11) is 1.72. The lowest BCUT2D eigenvalue weighted by Crippen LogP contribution is -2.25. The summed E-state index contributed by atoms with van der Waals surface area (Å²) in [6.07, 6.45) is 0.843. The summed E-state index contributed by atoms with van der Waals surface area (Å²) < 4.78 is 11.2. The van der Waals surface area contributed by atoms with Gasteiger partial charge in [-0.25, -0.2) is 0 Å². The van der Waals surface area contributed by atoms with Crippen molar-refractivity contribution in [1.29, 1.82) is 0 Å². The minimum absolute atomic E-state index is 0.0176. The van der Waals surface area contributed by atoms with E-state index in [1.807, 2.05) is 19.1 Å². The average Bonchev–Trinajstić information content (AvgIpc) is 2.28. The first kappa shape index (κ1) is 15.0. The maximum atomic E-state index is 5.94.